The Labute approximate surface area is 238 Å². The summed E-state index contributed by atoms with van der Waals surface area (Å²) in [6, 6.07) is 29.8. The van der Waals surface area contributed by atoms with Gasteiger partial charge in [0, 0.05) is 18.1 Å². The Bertz CT molecular complexity index is 1380. The third-order valence-corrected chi connectivity index (χ3v) is 6.64. The maximum absolute atomic E-state index is 13.7. The van der Waals surface area contributed by atoms with Crippen molar-refractivity contribution in [2.24, 2.45) is 0 Å². The van der Waals surface area contributed by atoms with Gasteiger partial charge in [-0.05, 0) is 53.1 Å². The predicted octanol–water partition coefficient (Wildman–Crippen LogP) is 6.47. The third kappa shape index (κ3) is 7.76. The number of hydrogen-bond donors (Lipinski definition) is 1. The molecule has 39 heavy (non-hydrogen) atoms. The molecule has 4 rings (SSSR count). The Balaban J connectivity index is 1.62. The van der Waals surface area contributed by atoms with Gasteiger partial charge in [-0.3, -0.25) is 9.59 Å². The van der Waals surface area contributed by atoms with Gasteiger partial charge in [-0.15, -0.1) is 0 Å². The van der Waals surface area contributed by atoms with Crippen LogP contribution in [0.5, 0.6) is 11.5 Å². The van der Waals surface area contributed by atoms with Crippen LogP contribution >= 0.6 is 23.2 Å². The Morgan fingerprint density at radius 2 is 1.46 bits per heavy atom. The first-order valence-electron chi connectivity index (χ1n) is 12.3. The molecule has 0 radical (unpaired) electrons. The summed E-state index contributed by atoms with van der Waals surface area (Å²) in [7, 11) is 1.60. The maximum atomic E-state index is 13.7. The van der Waals surface area contributed by atoms with Gasteiger partial charge in [0.25, 0.3) is 5.91 Å². The lowest BCUT2D eigenvalue weighted by Gasteiger charge is -2.31. The smallest absolute Gasteiger partial charge is 0.261 e. The van der Waals surface area contributed by atoms with E-state index in [1.165, 1.54) is 4.90 Å². The fraction of sp³-hybridized carbons (Fsp3) is 0.161. The van der Waals surface area contributed by atoms with Crippen molar-refractivity contribution in [2.45, 2.75) is 19.1 Å². The number of rotatable bonds is 11. The van der Waals surface area contributed by atoms with Gasteiger partial charge in [0.15, 0.2) is 6.61 Å². The van der Waals surface area contributed by atoms with Crippen molar-refractivity contribution >= 4 is 35.0 Å². The molecule has 0 fully saturated rings. The van der Waals surface area contributed by atoms with E-state index in [4.69, 9.17) is 32.7 Å². The fourth-order valence-corrected chi connectivity index (χ4v) is 4.35. The molecular formula is C31H28Cl2N2O4. The van der Waals surface area contributed by atoms with Crippen LogP contribution in [0.25, 0.3) is 0 Å². The van der Waals surface area contributed by atoms with Crippen LogP contribution in [0.3, 0.4) is 0 Å². The topological polar surface area (TPSA) is 67.9 Å². The zero-order valence-corrected chi connectivity index (χ0v) is 22.9. The standard InChI is InChI=1S/C31H28Cl2N2O4/c1-38-26-17-13-22(14-18-26)19-34-31(37)30(24-7-3-2-4-8-24)35(20-23-11-15-25(32)16-12-23)29(36)21-39-28-10-6-5-9-27(28)33/h2-18,30H,19-21H2,1H3,(H,34,37). The van der Waals surface area contributed by atoms with Crippen LogP contribution in [-0.4, -0.2) is 30.4 Å². The molecule has 6 nitrogen and oxygen atoms in total. The number of halogens is 2. The molecule has 0 saturated carbocycles. The molecule has 1 unspecified atom stereocenters. The Kier molecular flexibility index (Phi) is 9.84. The van der Waals surface area contributed by atoms with Gasteiger partial charge in [0.1, 0.15) is 17.5 Å². The molecule has 4 aromatic carbocycles. The molecule has 0 bridgehead atoms. The summed E-state index contributed by atoms with van der Waals surface area (Å²) < 4.78 is 11.0. The normalized spacial score (nSPS) is 11.4. The van der Waals surface area contributed by atoms with Crippen molar-refractivity contribution < 1.29 is 19.1 Å². The lowest BCUT2D eigenvalue weighted by Crippen LogP contribution is -2.45. The van der Waals surface area contributed by atoms with Crippen LogP contribution in [0.1, 0.15) is 22.7 Å². The highest BCUT2D eigenvalue weighted by Gasteiger charge is 2.32. The number of hydrogen-bond acceptors (Lipinski definition) is 4. The summed E-state index contributed by atoms with van der Waals surface area (Å²) in [6.45, 7) is 0.148. The molecule has 0 heterocycles. The highest BCUT2D eigenvalue weighted by molar-refractivity contribution is 6.32. The number of para-hydroxylation sites is 1. The second-order valence-corrected chi connectivity index (χ2v) is 9.59. The number of carbonyl (C=O) groups excluding carboxylic acids is 2. The summed E-state index contributed by atoms with van der Waals surface area (Å²) in [4.78, 5) is 29.0. The number of nitrogens with one attached hydrogen (secondary N) is 1. The van der Waals surface area contributed by atoms with E-state index in [2.05, 4.69) is 5.32 Å². The Morgan fingerprint density at radius 3 is 2.13 bits per heavy atom. The lowest BCUT2D eigenvalue weighted by molar-refractivity contribution is -0.143. The molecule has 0 aliphatic rings. The monoisotopic (exact) mass is 562 g/mol. The summed E-state index contributed by atoms with van der Waals surface area (Å²) in [6.07, 6.45) is 0. The van der Waals surface area contributed by atoms with Crippen LogP contribution in [0.4, 0.5) is 0 Å². The zero-order chi connectivity index (χ0) is 27.6. The first-order valence-corrected chi connectivity index (χ1v) is 13.1. The molecule has 1 N–H and O–H groups in total. The van der Waals surface area contributed by atoms with E-state index >= 15 is 0 Å². The summed E-state index contributed by atoms with van der Waals surface area (Å²) in [5, 5.41) is 3.97. The van der Waals surface area contributed by atoms with E-state index in [9.17, 15) is 9.59 Å². The van der Waals surface area contributed by atoms with Gasteiger partial charge in [-0.1, -0.05) is 89.9 Å². The van der Waals surface area contributed by atoms with Crippen molar-refractivity contribution in [1.82, 2.24) is 10.2 Å². The molecule has 0 spiro atoms. The predicted molar refractivity (Wildman–Crippen MR) is 153 cm³/mol. The van der Waals surface area contributed by atoms with E-state index < -0.39 is 6.04 Å². The minimum atomic E-state index is -0.914. The van der Waals surface area contributed by atoms with Crippen molar-refractivity contribution in [3.8, 4) is 11.5 Å². The van der Waals surface area contributed by atoms with Crippen molar-refractivity contribution in [1.29, 1.82) is 0 Å². The fourth-order valence-electron chi connectivity index (χ4n) is 4.03. The lowest BCUT2D eigenvalue weighted by atomic mass is 10.0. The summed E-state index contributed by atoms with van der Waals surface area (Å²) in [5.41, 5.74) is 2.38. The van der Waals surface area contributed by atoms with E-state index in [1.54, 1.807) is 43.5 Å². The van der Waals surface area contributed by atoms with Crippen LogP contribution in [0, 0.1) is 0 Å². The average Bonchev–Trinajstić information content (AvgIpc) is 2.97. The van der Waals surface area contributed by atoms with Crippen LogP contribution < -0.4 is 14.8 Å². The summed E-state index contributed by atoms with van der Waals surface area (Å²) >= 11 is 12.3. The number of methoxy groups -OCH3 is 1. The Hall–Kier alpha value is -4.00. The average molecular weight is 563 g/mol. The molecular weight excluding hydrogens is 535 g/mol. The molecule has 2 amide bonds. The molecule has 0 aliphatic heterocycles. The number of amides is 2. The molecule has 4 aromatic rings. The number of benzene rings is 4. The van der Waals surface area contributed by atoms with E-state index in [-0.39, 0.29) is 31.5 Å². The number of ether oxygens (including phenoxy) is 2. The third-order valence-electron chi connectivity index (χ3n) is 6.08. The summed E-state index contributed by atoms with van der Waals surface area (Å²) in [5.74, 6) is 0.417. The van der Waals surface area contributed by atoms with Crippen LogP contribution in [0.15, 0.2) is 103 Å². The quantitative estimate of drug-likeness (QED) is 0.227. The molecule has 200 valence electrons. The first kappa shape index (κ1) is 28.0. The van der Waals surface area contributed by atoms with Crippen molar-refractivity contribution in [3.63, 3.8) is 0 Å². The highest BCUT2D eigenvalue weighted by Crippen LogP contribution is 2.27. The van der Waals surface area contributed by atoms with Crippen LogP contribution in [0.2, 0.25) is 10.0 Å². The minimum Gasteiger partial charge on any atom is -0.497 e. The second-order valence-electron chi connectivity index (χ2n) is 8.75. The van der Waals surface area contributed by atoms with Gasteiger partial charge in [0.05, 0.1) is 12.1 Å². The molecule has 0 aromatic heterocycles. The van der Waals surface area contributed by atoms with Gasteiger partial charge in [0.2, 0.25) is 5.91 Å². The van der Waals surface area contributed by atoms with Gasteiger partial charge in [-0.25, -0.2) is 0 Å². The Morgan fingerprint density at radius 1 is 0.821 bits per heavy atom. The zero-order valence-electron chi connectivity index (χ0n) is 21.3. The minimum absolute atomic E-state index is 0.164. The van der Waals surface area contributed by atoms with E-state index in [1.807, 2.05) is 66.7 Å². The van der Waals surface area contributed by atoms with Crippen LogP contribution in [-0.2, 0) is 22.7 Å². The SMILES string of the molecule is COc1ccc(CNC(=O)C(c2ccccc2)N(Cc2ccc(Cl)cc2)C(=O)COc2ccccc2Cl)cc1. The maximum Gasteiger partial charge on any atom is 0.261 e. The van der Waals surface area contributed by atoms with E-state index in [0.717, 1.165) is 16.9 Å². The number of carbonyl (C=O) groups is 2. The van der Waals surface area contributed by atoms with Gasteiger partial charge in [-0.2, -0.15) is 0 Å². The largest absolute Gasteiger partial charge is 0.497 e. The van der Waals surface area contributed by atoms with E-state index in [0.29, 0.717) is 21.4 Å². The van der Waals surface area contributed by atoms with Crippen molar-refractivity contribution in [2.75, 3.05) is 13.7 Å². The molecule has 8 heteroatoms. The molecule has 1 atom stereocenters. The molecule has 0 saturated heterocycles. The number of nitrogens with zero attached hydrogens (tertiary/aromatic N) is 1. The highest BCUT2D eigenvalue weighted by atomic mass is 35.5. The second kappa shape index (κ2) is 13.7. The molecule has 0 aliphatic carbocycles. The first-order chi connectivity index (χ1) is 18.9. The van der Waals surface area contributed by atoms with Crippen molar-refractivity contribution in [3.05, 3.63) is 130 Å². The van der Waals surface area contributed by atoms with Gasteiger partial charge >= 0.3 is 0 Å². The van der Waals surface area contributed by atoms with Gasteiger partial charge < -0.3 is 19.7 Å².